The van der Waals surface area contributed by atoms with Crippen molar-refractivity contribution in [2.45, 2.75) is 24.3 Å². The molecule has 2 rings (SSSR count). The first-order chi connectivity index (χ1) is 7.87. The van der Waals surface area contributed by atoms with Crippen LogP contribution in [-0.2, 0) is 16.1 Å². The third-order valence-corrected chi connectivity index (χ3v) is 4.50. The summed E-state index contributed by atoms with van der Waals surface area (Å²) >= 11 is 17.7. The Morgan fingerprint density at radius 2 is 2.00 bits per heavy atom. The van der Waals surface area contributed by atoms with Crippen LogP contribution < -0.4 is 0 Å². The van der Waals surface area contributed by atoms with Crippen LogP contribution in [0.5, 0.6) is 0 Å². The first-order valence-electron chi connectivity index (χ1n) is 5.15. The highest BCUT2D eigenvalue weighted by Crippen LogP contribution is 2.64. The van der Waals surface area contributed by atoms with Gasteiger partial charge in [0, 0.05) is 17.0 Å². The number of carbonyl (C=O) groups is 1. The van der Waals surface area contributed by atoms with Gasteiger partial charge >= 0.3 is 5.97 Å². The van der Waals surface area contributed by atoms with Crippen LogP contribution in [0.3, 0.4) is 0 Å². The summed E-state index contributed by atoms with van der Waals surface area (Å²) in [7, 11) is 0. The summed E-state index contributed by atoms with van der Waals surface area (Å²) in [6.07, 6.45) is 0.421. The van der Waals surface area contributed by atoms with E-state index in [0.29, 0.717) is 11.4 Å². The monoisotopic (exact) mass is 292 g/mol. The molecule has 0 radical (unpaired) electrons. The molecule has 0 spiro atoms. The number of benzene rings is 1. The molecular weight excluding hydrogens is 282 g/mol. The van der Waals surface area contributed by atoms with Gasteiger partial charge in [0.1, 0.15) is 16.4 Å². The van der Waals surface area contributed by atoms with Gasteiger partial charge in [0.2, 0.25) is 0 Å². The third-order valence-electron chi connectivity index (χ3n) is 3.02. The zero-order valence-electron chi connectivity index (χ0n) is 9.17. The van der Waals surface area contributed by atoms with Gasteiger partial charge in [-0.05, 0) is 13.0 Å². The average molecular weight is 294 g/mol. The summed E-state index contributed by atoms with van der Waals surface area (Å²) in [6, 6.07) is 7.20. The predicted molar refractivity (Wildman–Crippen MR) is 68.4 cm³/mol. The normalized spacial score (nSPS) is 25.4. The Hall–Kier alpha value is -0.440. The van der Waals surface area contributed by atoms with E-state index in [4.69, 9.17) is 39.5 Å². The van der Waals surface area contributed by atoms with Gasteiger partial charge < -0.3 is 4.74 Å². The maximum Gasteiger partial charge on any atom is 0.315 e. The van der Waals surface area contributed by atoms with Crippen molar-refractivity contribution in [3.05, 3.63) is 34.9 Å². The quantitative estimate of drug-likeness (QED) is 0.623. The van der Waals surface area contributed by atoms with Crippen molar-refractivity contribution >= 4 is 40.8 Å². The van der Waals surface area contributed by atoms with Crippen molar-refractivity contribution in [1.29, 1.82) is 0 Å². The largest absolute Gasteiger partial charge is 0.460 e. The zero-order chi connectivity index (χ0) is 12.7. The van der Waals surface area contributed by atoms with Crippen LogP contribution in [0.15, 0.2) is 24.3 Å². The molecule has 0 saturated heterocycles. The van der Waals surface area contributed by atoms with Crippen molar-refractivity contribution in [3.8, 4) is 0 Å². The molecule has 1 unspecified atom stereocenters. The van der Waals surface area contributed by atoms with Crippen molar-refractivity contribution < 1.29 is 9.53 Å². The summed E-state index contributed by atoms with van der Waals surface area (Å²) in [5.74, 6) is -0.387. The SMILES string of the molecule is CC1(C(=O)OCc2ccccc2Cl)CC1(Cl)Cl. The molecule has 1 aliphatic rings. The fourth-order valence-corrected chi connectivity index (χ4v) is 2.42. The number of ether oxygens (including phenoxy) is 1. The Labute approximate surface area is 115 Å². The number of rotatable bonds is 3. The first-order valence-corrected chi connectivity index (χ1v) is 6.29. The molecule has 1 saturated carbocycles. The van der Waals surface area contributed by atoms with Crippen LogP contribution in [-0.4, -0.2) is 10.3 Å². The van der Waals surface area contributed by atoms with E-state index in [1.807, 2.05) is 12.1 Å². The molecule has 92 valence electrons. The number of carbonyl (C=O) groups excluding carboxylic acids is 1. The summed E-state index contributed by atoms with van der Waals surface area (Å²) in [4.78, 5) is 11.8. The summed E-state index contributed by atoms with van der Waals surface area (Å²) < 4.78 is 4.18. The Bertz CT molecular complexity index is 459. The molecule has 0 heterocycles. The second kappa shape index (κ2) is 4.34. The van der Waals surface area contributed by atoms with E-state index in [9.17, 15) is 4.79 Å². The highest BCUT2D eigenvalue weighted by Gasteiger charge is 2.69. The van der Waals surface area contributed by atoms with E-state index in [2.05, 4.69) is 0 Å². The second-order valence-electron chi connectivity index (χ2n) is 4.38. The molecule has 1 atom stereocenters. The molecule has 0 aliphatic heterocycles. The number of esters is 1. The van der Waals surface area contributed by atoms with Crippen LogP contribution >= 0.6 is 34.8 Å². The van der Waals surface area contributed by atoms with Crippen molar-refractivity contribution in [2.24, 2.45) is 5.41 Å². The lowest BCUT2D eigenvalue weighted by Crippen LogP contribution is -2.21. The molecule has 5 heteroatoms. The van der Waals surface area contributed by atoms with Gasteiger partial charge in [0.15, 0.2) is 0 Å². The highest BCUT2D eigenvalue weighted by molar-refractivity contribution is 6.53. The fourth-order valence-electron chi connectivity index (χ4n) is 1.54. The van der Waals surface area contributed by atoms with E-state index in [1.165, 1.54) is 0 Å². The number of halogens is 3. The molecule has 17 heavy (non-hydrogen) atoms. The Morgan fingerprint density at radius 1 is 1.41 bits per heavy atom. The maximum absolute atomic E-state index is 11.8. The van der Waals surface area contributed by atoms with Gasteiger partial charge in [0.05, 0.1) is 0 Å². The van der Waals surface area contributed by atoms with Crippen LogP contribution in [0.4, 0.5) is 0 Å². The molecule has 2 nitrogen and oxygen atoms in total. The van der Waals surface area contributed by atoms with E-state index < -0.39 is 9.75 Å². The summed E-state index contributed by atoms with van der Waals surface area (Å²) in [5.41, 5.74) is -0.0290. The molecule has 1 aromatic carbocycles. The van der Waals surface area contributed by atoms with Crippen molar-refractivity contribution in [2.75, 3.05) is 0 Å². The molecule has 0 aromatic heterocycles. The molecule has 0 N–H and O–H groups in total. The van der Waals surface area contributed by atoms with Gasteiger partial charge in [-0.25, -0.2) is 0 Å². The van der Waals surface area contributed by atoms with Crippen LogP contribution in [0.2, 0.25) is 5.02 Å². The lowest BCUT2D eigenvalue weighted by molar-refractivity contribution is -0.150. The average Bonchev–Trinajstić information content (AvgIpc) is 2.78. The molecular formula is C12H11Cl3O2. The minimum Gasteiger partial charge on any atom is -0.460 e. The summed E-state index contributed by atoms with van der Waals surface area (Å²) in [5, 5.41) is 0.573. The van der Waals surface area contributed by atoms with Crippen molar-refractivity contribution in [1.82, 2.24) is 0 Å². The number of alkyl halides is 2. The van der Waals surface area contributed by atoms with Gasteiger partial charge in [0.25, 0.3) is 0 Å². The minimum atomic E-state index is -0.995. The van der Waals surface area contributed by atoms with Crippen LogP contribution in [0.25, 0.3) is 0 Å². The Kier molecular flexibility index (Phi) is 3.32. The zero-order valence-corrected chi connectivity index (χ0v) is 11.4. The third kappa shape index (κ3) is 2.40. The van der Waals surface area contributed by atoms with Crippen LogP contribution in [0, 0.1) is 5.41 Å². The van der Waals surface area contributed by atoms with Gasteiger partial charge in [-0.3, -0.25) is 4.79 Å². The molecule has 1 aliphatic carbocycles. The summed E-state index contributed by atoms with van der Waals surface area (Å²) in [6.45, 7) is 1.83. The molecule has 1 aromatic rings. The number of hydrogen-bond donors (Lipinski definition) is 0. The number of hydrogen-bond acceptors (Lipinski definition) is 2. The van der Waals surface area contributed by atoms with E-state index >= 15 is 0 Å². The maximum atomic E-state index is 11.8. The van der Waals surface area contributed by atoms with E-state index in [-0.39, 0.29) is 12.6 Å². The van der Waals surface area contributed by atoms with Gasteiger partial charge in [-0.2, -0.15) is 0 Å². The topological polar surface area (TPSA) is 26.3 Å². The van der Waals surface area contributed by atoms with E-state index in [0.717, 1.165) is 5.56 Å². The van der Waals surface area contributed by atoms with Crippen LogP contribution in [0.1, 0.15) is 18.9 Å². The Balaban J connectivity index is 1.97. The van der Waals surface area contributed by atoms with Crippen molar-refractivity contribution in [3.63, 3.8) is 0 Å². The highest BCUT2D eigenvalue weighted by atomic mass is 35.5. The molecule has 1 fully saturated rings. The lowest BCUT2D eigenvalue weighted by atomic mass is 10.1. The standard InChI is InChI=1S/C12H11Cl3O2/c1-11(7-12(11,14)15)10(16)17-6-8-4-2-3-5-9(8)13/h2-5H,6-7H2,1H3. The molecule has 0 amide bonds. The second-order valence-corrected chi connectivity index (χ2v) is 6.27. The van der Waals surface area contributed by atoms with Gasteiger partial charge in [-0.1, -0.05) is 29.8 Å². The van der Waals surface area contributed by atoms with Gasteiger partial charge in [-0.15, -0.1) is 23.2 Å². The molecule has 0 bridgehead atoms. The first kappa shape index (κ1) is 13.0. The minimum absolute atomic E-state index is 0.137. The smallest absolute Gasteiger partial charge is 0.315 e. The fraction of sp³-hybridized carbons (Fsp3) is 0.417. The Morgan fingerprint density at radius 3 is 2.53 bits per heavy atom. The van der Waals surface area contributed by atoms with E-state index in [1.54, 1.807) is 19.1 Å². The predicted octanol–water partition coefficient (Wildman–Crippen LogP) is 3.97. The lowest BCUT2D eigenvalue weighted by Gasteiger charge is -2.12.